The Labute approximate surface area is 108 Å². The molecule has 0 saturated heterocycles. The second kappa shape index (κ2) is 5.11. The Kier molecular flexibility index (Phi) is 3.71. The van der Waals surface area contributed by atoms with Crippen LogP contribution in [0.2, 0.25) is 0 Å². The Morgan fingerprint density at radius 2 is 2.22 bits per heavy atom. The summed E-state index contributed by atoms with van der Waals surface area (Å²) in [6.45, 7) is 2.28. The maximum atomic E-state index is 12.1. The Morgan fingerprint density at radius 3 is 2.83 bits per heavy atom. The van der Waals surface area contributed by atoms with Crippen molar-refractivity contribution in [2.75, 3.05) is 6.54 Å². The van der Waals surface area contributed by atoms with Crippen LogP contribution in [-0.2, 0) is 10.0 Å². The molecule has 1 aliphatic carbocycles. The third kappa shape index (κ3) is 3.10. The molecule has 2 atom stereocenters. The van der Waals surface area contributed by atoms with Crippen molar-refractivity contribution in [2.45, 2.75) is 24.3 Å². The minimum Gasteiger partial charge on any atom is -0.320 e. The lowest BCUT2D eigenvalue weighted by molar-refractivity contribution is 0.578. The second-order valence-corrected chi connectivity index (χ2v) is 6.19. The molecular formula is C13H16N2O2S. The zero-order valence-corrected chi connectivity index (χ0v) is 11.0. The minimum atomic E-state index is -3.43. The van der Waals surface area contributed by atoms with Crippen molar-refractivity contribution in [3.63, 3.8) is 0 Å². The van der Waals surface area contributed by atoms with Gasteiger partial charge < -0.3 is 5.73 Å². The van der Waals surface area contributed by atoms with Crippen LogP contribution in [-0.4, -0.2) is 21.0 Å². The van der Waals surface area contributed by atoms with Crippen molar-refractivity contribution in [1.82, 2.24) is 4.72 Å². The average molecular weight is 264 g/mol. The summed E-state index contributed by atoms with van der Waals surface area (Å²) in [7, 11) is -3.43. The van der Waals surface area contributed by atoms with Gasteiger partial charge in [0.1, 0.15) is 0 Å². The summed E-state index contributed by atoms with van der Waals surface area (Å²) in [6, 6.07) is 6.67. The number of nitrogens with two attached hydrogens (primary N) is 1. The Morgan fingerprint density at radius 1 is 1.50 bits per heavy atom. The molecule has 0 amide bonds. The van der Waals surface area contributed by atoms with Gasteiger partial charge in [0.2, 0.25) is 10.0 Å². The van der Waals surface area contributed by atoms with E-state index in [9.17, 15) is 8.42 Å². The molecule has 1 aromatic rings. The summed E-state index contributed by atoms with van der Waals surface area (Å²) >= 11 is 0. The highest BCUT2D eigenvalue weighted by Crippen LogP contribution is 2.30. The third-order valence-corrected chi connectivity index (χ3v) is 4.38. The summed E-state index contributed by atoms with van der Waals surface area (Å²) in [5.41, 5.74) is 5.94. The van der Waals surface area contributed by atoms with Gasteiger partial charge in [0.05, 0.1) is 11.4 Å². The van der Waals surface area contributed by atoms with E-state index in [0.717, 1.165) is 6.42 Å². The van der Waals surface area contributed by atoms with E-state index in [0.29, 0.717) is 11.5 Å². The van der Waals surface area contributed by atoms with Crippen LogP contribution in [0.5, 0.6) is 0 Å². The molecule has 1 fully saturated rings. The van der Waals surface area contributed by atoms with Gasteiger partial charge in [-0.1, -0.05) is 24.8 Å². The monoisotopic (exact) mass is 264 g/mol. The molecule has 4 nitrogen and oxygen atoms in total. The first kappa shape index (κ1) is 13.1. The zero-order valence-electron chi connectivity index (χ0n) is 10.2. The van der Waals surface area contributed by atoms with Gasteiger partial charge in [-0.15, -0.1) is 0 Å². The molecule has 0 aliphatic heterocycles. The summed E-state index contributed by atoms with van der Waals surface area (Å²) in [6.07, 6.45) is 0.909. The van der Waals surface area contributed by atoms with Crippen molar-refractivity contribution in [1.29, 1.82) is 0 Å². The standard InChI is InChI=1S/C13H16N2O2S/c1-10-8-13(10)15-18(16,17)12-6-2-4-11(9-12)5-3-7-14/h2,4,6,9-10,13,15H,7-8,14H2,1H3. The van der Waals surface area contributed by atoms with Crippen LogP contribution in [0.15, 0.2) is 29.2 Å². The van der Waals surface area contributed by atoms with Gasteiger partial charge in [-0.25, -0.2) is 13.1 Å². The largest absolute Gasteiger partial charge is 0.320 e. The summed E-state index contributed by atoms with van der Waals surface area (Å²) < 4.78 is 26.8. The molecule has 0 radical (unpaired) electrons. The Bertz CT molecular complexity index is 599. The van der Waals surface area contributed by atoms with Gasteiger partial charge in [0.25, 0.3) is 0 Å². The maximum absolute atomic E-state index is 12.1. The van der Waals surface area contributed by atoms with Gasteiger partial charge in [0.15, 0.2) is 0 Å². The van der Waals surface area contributed by atoms with Crippen molar-refractivity contribution < 1.29 is 8.42 Å². The summed E-state index contributed by atoms with van der Waals surface area (Å²) in [4.78, 5) is 0.255. The van der Waals surface area contributed by atoms with Crippen LogP contribution in [0.25, 0.3) is 0 Å². The molecule has 2 unspecified atom stereocenters. The first-order valence-corrected chi connectivity index (χ1v) is 7.32. The number of nitrogens with one attached hydrogen (secondary N) is 1. The fourth-order valence-corrected chi connectivity index (χ4v) is 3.05. The lowest BCUT2D eigenvalue weighted by Gasteiger charge is -2.06. The first-order valence-electron chi connectivity index (χ1n) is 5.84. The predicted molar refractivity (Wildman–Crippen MR) is 70.3 cm³/mol. The molecule has 0 spiro atoms. The highest BCUT2D eigenvalue weighted by Gasteiger charge is 2.36. The molecule has 1 aliphatic rings. The summed E-state index contributed by atoms with van der Waals surface area (Å²) in [5.74, 6) is 5.96. The van der Waals surface area contributed by atoms with E-state index in [4.69, 9.17) is 5.73 Å². The van der Waals surface area contributed by atoms with Gasteiger partial charge in [-0.3, -0.25) is 0 Å². The lowest BCUT2D eigenvalue weighted by Crippen LogP contribution is -2.26. The number of hydrogen-bond donors (Lipinski definition) is 2. The molecule has 0 bridgehead atoms. The fraction of sp³-hybridized carbons (Fsp3) is 0.385. The van der Waals surface area contributed by atoms with E-state index < -0.39 is 10.0 Å². The quantitative estimate of drug-likeness (QED) is 0.789. The average Bonchev–Trinajstić information content (AvgIpc) is 3.02. The van der Waals surface area contributed by atoms with Gasteiger partial charge in [0, 0.05) is 11.6 Å². The van der Waals surface area contributed by atoms with Crippen molar-refractivity contribution in [2.24, 2.45) is 11.7 Å². The number of rotatable bonds is 3. The SMILES string of the molecule is CC1CC1NS(=O)(=O)c1cccc(C#CCN)c1. The molecule has 0 aromatic heterocycles. The van der Waals surface area contributed by atoms with Crippen LogP contribution >= 0.6 is 0 Å². The Balaban J connectivity index is 2.21. The maximum Gasteiger partial charge on any atom is 0.240 e. The van der Waals surface area contributed by atoms with E-state index in [1.54, 1.807) is 24.3 Å². The number of sulfonamides is 1. The van der Waals surface area contributed by atoms with Crippen LogP contribution in [0.1, 0.15) is 18.9 Å². The van der Waals surface area contributed by atoms with Crippen LogP contribution in [0, 0.1) is 17.8 Å². The van der Waals surface area contributed by atoms with Gasteiger partial charge in [-0.05, 0) is 30.5 Å². The second-order valence-electron chi connectivity index (χ2n) is 4.47. The zero-order chi connectivity index (χ0) is 13.2. The van der Waals surface area contributed by atoms with E-state index in [1.165, 1.54) is 0 Å². The first-order chi connectivity index (χ1) is 8.53. The molecule has 2 rings (SSSR count). The highest BCUT2D eigenvalue weighted by molar-refractivity contribution is 7.89. The van der Waals surface area contributed by atoms with Crippen LogP contribution < -0.4 is 10.5 Å². The molecule has 1 aromatic carbocycles. The van der Waals surface area contributed by atoms with E-state index >= 15 is 0 Å². The smallest absolute Gasteiger partial charge is 0.240 e. The van der Waals surface area contributed by atoms with Gasteiger partial charge in [-0.2, -0.15) is 0 Å². The van der Waals surface area contributed by atoms with E-state index in [2.05, 4.69) is 16.6 Å². The van der Waals surface area contributed by atoms with E-state index in [-0.39, 0.29) is 17.5 Å². The fourth-order valence-electron chi connectivity index (χ4n) is 1.65. The minimum absolute atomic E-state index is 0.0776. The number of hydrogen-bond acceptors (Lipinski definition) is 3. The van der Waals surface area contributed by atoms with Crippen molar-refractivity contribution in [3.05, 3.63) is 29.8 Å². The van der Waals surface area contributed by atoms with Crippen LogP contribution in [0.4, 0.5) is 0 Å². The molecular weight excluding hydrogens is 248 g/mol. The molecule has 18 heavy (non-hydrogen) atoms. The molecule has 5 heteroatoms. The molecule has 0 heterocycles. The predicted octanol–water partition coefficient (Wildman–Crippen LogP) is 0.684. The van der Waals surface area contributed by atoms with Crippen molar-refractivity contribution in [3.8, 4) is 11.8 Å². The molecule has 3 N–H and O–H groups in total. The normalized spacial score (nSPS) is 22.1. The van der Waals surface area contributed by atoms with Crippen molar-refractivity contribution >= 4 is 10.0 Å². The molecule has 1 saturated carbocycles. The molecule has 96 valence electrons. The van der Waals surface area contributed by atoms with Gasteiger partial charge >= 0.3 is 0 Å². The highest BCUT2D eigenvalue weighted by atomic mass is 32.2. The van der Waals surface area contributed by atoms with Crippen LogP contribution in [0.3, 0.4) is 0 Å². The third-order valence-electron chi connectivity index (χ3n) is 2.90. The number of benzene rings is 1. The Hall–Kier alpha value is -1.35. The topological polar surface area (TPSA) is 72.2 Å². The summed E-state index contributed by atoms with van der Waals surface area (Å²) in [5, 5.41) is 0. The lowest BCUT2D eigenvalue weighted by atomic mass is 10.2. The van der Waals surface area contributed by atoms with E-state index in [1.807, 2.05) is 6.92 Å².